The van der Waals surface area contributed by atoms with Crippen molar-refractivity contribution >= 4 is 0 Å². The summed E-state index contributed by atoms with van der Waals surface area (Å²) in [4.78, 5) is 4.49. The van der Waals surface area contributed by atoms with Gasteiger partial charge in [-0.25, -0.2) is 4.98 Å². The highest BCUT2D eigenvalue weighted by molar-refractivity contribution is 4.93. The van der Waals surface area contributed by atoms with Crippen LogP contribution in [0, 0.1) is 23.2 Å². The molecule has 3 nitrogen and oxygen atoms in total. The fourth-order valence-corrected chi connectivity index (χ4v) is 3.95. The molecular weight excluding hydrogens is 258 g/mol. The Bertz CT molecular complexity index is 430. The molecule has 0 spiro atoms. The summed E-state index contributed by atoms with van der Waals surface area (Å²) >= 11 is 0. The Hall–Kier alpha value is -0.830. The van der Waals surface area contributed by atoms with Gasteiger partial charge in [-0.1, -0.05) is 20.8 Å². The van der Waals surface area contributed by atoms with Crippen LogP contribution in [0.25, 0.3) is 0 Å². The first-order valence-electron chi connectivity index (χ1n) is 8.52. The lowest BCUT2D eigenvalue weighted by atomic mass is 9.64. The molecule has 120 valence electrons. The van der Waals surface area contributed by atoms with Gasteiger partial charge in [0, 0.05) is 25.9 Å². The third-order valence-corrected chi connectivity index (χ3v) is 5.49. The van der Waals surface area contributed by atoms with Gasteiger partial charge in [0.15, 0.2) is 0 Å². The molecular formula is C18H33N3. The number of aryl methyl sites for hydroxylation is 2. The second kappa shape index (κ2) is 6.95. The molecule has 1 N–H and O–H groups in total. The van der Waals surface area contributed by atoms with Gasteiger partial charge in [-0.3, -0.25) is 0 Å². The van der Waals surface area contributed by atoms with Gasteiger partial charge in [0.25, 0.3) is 0 Å². The number of hydrogen-bond acceptors (Lipinski definition) is 2. The molecule has 3 unspecified atom stereocenters. The van der Waals surface area contributed by atoms with Crippen molar-refractivity contribution in [2.45, 2.75) is 52.9 Å². The van der Waals surface area contributed by atoms with Gasteiger partial charge in [0.1, 0.15) is 5.82 Å². The topological polar surface area (TPSA) is 29.9 Å². The molecule has 0 aliphatic heterocycles. The highest BCUT2D eigenvalue weighted by atomic mass is 15.0. The van der Waals surface area contributed by atoms with Crippen LogP contribution in [-0.2, 0) is 13.5 Å². The zero-order valence-corrected chi connectivity index (χ0v) is 14.5. The summed E-state index contributed by atoms with van der Waals surface area (Å²) in [6, 6.07) is 0. The van der Waals surface area contributed by atoms with E-state index in [1.807, 2.05) is 6.20 Å². The zero-order valence-electron chi connectivity index (χ0n) is 14.5. The van der Waals surface area contributed by atoms with E-state index < -0.39 is 0 Å². The maximum absolute atomic E-state index is 4.49. The average Bonchev–Trinajstić information content (AvgIpc) is 2.82. The maximum Gasteiger partial charge on any atom is 0.108 e. The van der Waals surface area contributed by atoms with Crippen molar-refractivity contribution in [1.82, 2.24) is 14.9 Å². The number of rotatable bonds is 5. The number of nitrogens with one attached hydrogen (secondary N) is 1. The van der Waals surface area contributed by atoms with E-state index >= 15 is 0 Å². The van der Waals surface area contributed by atoms with E-state index in [1.54, 1.807) is 0 Å². The predicted octanol–water partition coefficient (Wildman–Crippen LogP) is 3.65. The predicted molar refractivity (Wildman–Crippen MR) is 89.2 cm³/mol. The fraction of sp³-hybridized carbons (Fsp3) is 0.833. The number of aromatic nitrogens is 2. The fourth-order valence-electron chi connectivity index (χ4n) is 3.95. The van der Waals surface area contributed by atoms with Crippen molar-refractivity contribution in [3.63, 3.8) is 0 Å². The first kappa shape index (κ1) is 16.5. The van der Waals surface area contributed by atoms with Gasteiger partial charge in [0.2, 0.25) is 0 Å². The van der Waals surface area contributed by atoms with Crippen molar-refractivity contribution in [3.8, 4) is 0 Å². The molecule has 1 aromatic rings. The van der Waals surface area contributed by atoms with Crippen LogP contribution in [0.15, 0.2) is 12.4 Å². The third kappa shape index (κ3) is 4.32. The summed E-state index contributed by atoms with van der Waals surface area (Å²) in [6.45, 7) is 8.39. The molecule has 21 heavy (non-hydrogen) atoms. The number of nitrogens with zero attached hydrogens (tertiary/aromatic N) is 2. The normalized spacial score (nSPS) is 27.0. The van der Waals surface area contributed by atoms with Crippen LogP contribution in [0.1, 0.15) is 52.3 Å². The quantitative estimate of drug-likeness (QED) is 0.897. The minimum atomic E-state index is 0.450. The smallest absolute Gasteiger partial charge is 0.108 e. The minimum absolute atomic E-state index is 0.450. The number of hydrogen-bond donors (Lipinski definition) is 1. The summed E-state index contributed by atoms with van der Waals surface area (Å²) in [5.74, 6) is 3.79. The summed E-state index contributed by atoms with van der Waals surface area (Å²) in [5, 5.41) is 3.40. The van der Waals surface area contributed by atoms with E-state index in [2.05, 4.69) is 55.9 Å². The van der Waals surface area contributed by atoms with Crippen LogP contribution in [0.3, 0.4) is 0 Å². The van der Waals surface area contributed by atoms with Crippen molar-refractivity contribution in [3.05, 3.63) is 18.2 Å². The van der Waals surface area contributed by atoms with Gasteiger partial charge in [-0.05, 0) is 62.4 Å². The Labute approximate surface area is 130 Å². The average molecular weight is 291 g/mol. The molecule has 0 radical (unpaired) electrons. The summed E-state index contributed by atoms with van der Waals surface area (Å²) in [5.41, 5.74) is 0.450. The lowest BCUT2D eigenvalue weighted by Crippen LogP contribution is -2.36. The molecule has 1 heterocycles. The molecule has 0 bridgehead atoms. The summed E-state index contributed by atoms with van der Waals surface area (Å²) in [7, 11) is 4.19. The van der Waals surface area contributed by atoms with E-state index in [0.717, 1.165) is 24.2 Å². The molecule has 2 rings (SSSR count). The van der Waals surface area contributed by atoms with E-state index in [1.165, 1.54) is 38.1 Å². The van der Waals surface area contributed by atoms with Crippen LogP contribution >= 0.6 is 0 Å². The van der Waals surface area contributed by atoms with E-state index in [9.17, 15) is 0 Å². The van der Waals surface area contributed by atoms with Crippen molar-refractivity contribution < 1.29 is 0 Å². The molecule has 0 aromatic carbocycles. The van der Waals surface area contributed by atoms with Gasteiger partial charge in [-0.15, -0.1) is 0 Å². The molecule has 3 atom stereocenters. The van der Waals surface area contributed by atoms with E-state index in [0.29, 0.717) is 5.41 Å². The third-order valence-electron chi connectivity index (χ3n) is 5.49. The van der Waals surface area contributed by atoms with Crippen molar-refractivity contribution in [2.75, 3.05) is 13.6 Å². The van der Waals surface area contributed by atoms with E-state index in [-0.39, 0.29) is 0 Å². The highest BCUT2D eigenvalue weighted by Crippen LogP contribution is 2.44. The Morgan fingerprint density at radius 3 is 2.62 bits per heavy atom. The van der Waals surface area contributed by atoms with Crippen LogP contribution < -0.4 is 5.32 Å². The Kier molecular flexibility index (Phi) is 5.48. The summed E-state index contributed by atoms with van der Waals surface area (Å²) in [6.07, 6.45) is 10.5. The molecule has 0 amide bonds. The van der Waals surface area contributed by atoms with Gasteiger partial charge in [0.05, 0.1) is 0 Å². The molecule has 0 saturated heterocycles. The second-order valence-corrected chi connectivity index (χ2v) is 7.95. The second-order valence-electron chi connectivity index (χ2n) is 7.95. The standard InChI is InChI=1S/C18H33N3/c1-18(2,3)16-8-6-15(13-19-4)14(12-16)7-9-17-20-10-11-21(17)5/h10-11,14-16,19H,6-9,12-13H2,1-5H3. The monoisotopic (exact) mass is 291 g/mol. The molecule has 3 heteroatoms. The first-order valence-corrected chi connectivity index (χ1v) is 8.52. The molecule has 1 aliphatic rings. The van der Waals surface area contributed by atoms with Crippen LogP contribution in [0.5, 0.6) is 0 Å². The van der Waals surface area contributed by atoms with Gasteiger partial charge >= 0.3 is 0 Å². The maximum atomic E-state index is 4.49. The van der Waals surface area contributed by atoms with E-state index in [4.69, 9.17) is 0 Å². The number of imidazole rings is 1. The van der Waals surface area contributed by atoms with Crippen LogP contribution in [0.4, 0.5) is 0 Å². The highest BCUT2D eigenvalue weighted by Gasteiger charge is 2.35. The zero-order chi connectivity index (χ0) is 15.5. The Morgan fingerprint density at radius 2 is 2.05 bits per heavy atom. The molecule has 1 aromatic heterocycles. The van der Waals surface area contributed by atoms with Gasteiger partial charge in [-0.2, -0.15) is 0 Å². The SMILES string of the molecule is CNCC1CCC(C(C)(C)C)CC1CCc1nccn1C. The van der Waals surface area contributed by atoms with Crippen molar-refractivity contribution in [1.29, 1.82) is 0 Å². The van der Waals surface area contributed by atoms with Crippen LogP contribution in [-0.4, -0.2) is 23.1 Å². The lowest BCUT2D eigenvalue weighted by Gasteiger charge is -2.42. The first-order chi connectivity index (χ1) is 9.91. The molecule has 1 saturated carbocycles. The lowest BCUT2D eigenvalue weighted by molar-refractivity contribution is 0.0932. The van der Waals surface area contributed by atoms with Crippen molar-refractivity contribution in [2.24, 2.45) is 30.2 Å². The largest absolute Gasteiger partial charge is 0.338 e. The Balaban J connectivity index is 1.98. The summed E-state index contributed by atoms with van der Waals surface area (Å²) < 4.78 is 2.16. The molecule has 1 aliphatic carbocycles. The minimum Gasteiger partial charge on any atom is -0.338 e. The Morgan fingerprint density at radius 1 is 1.29 bits per heavy atom. The van der Waals surface area contributed by atoms with Crippen LogP contribution in [0.2, 0.25) is 0 Å². The molecule has 1 fully saturated rings. The van der Waals surface area contributed by atoms with Gasteiger partial charge < -0.3 is 9.88 Å².